The van der Waals surface area contributed by atoms with E-state index < -0.39 is 0 Å². The number of aromatic nitrogens is 1. The van der Waals surface area contributed by atoms with Crippen LogP contribution in [0.2, 0.25) is 0 Å². The predicted octanol–water partition coefficient (Wildman–Crippen LogP) is 0.849. The number of carbonyl (C=O) groups excluding carboxylic acids is 1. The van der Waals surface area contributed by atoms with E-state index in [-0.39, 0.29) is 24.5 Å². The van der Waals surface area contributed by atoms with Crippen molar-refractivity contribution in [3.05, 3.63) is 23.9 Å². The highest BCUT2D eigenvalue weighted by Gasteiger charge is 2.12. The number of nitrogens with one attached hydrogen (secondary N) is 1. The lowest BCUT2D eigenvalue weighted by molar-refractivity contribution is -0.123. The molecule has 6 nitrogen and oxygen atoms in total. The van der Waals surface area contributed by atoms with Crippen molar-refractivity contribution in [2.75, 3.05) is 13.7 Å². The maximum absolute atomic E-state index is 11.8. The highest BCUT2D eigenvalue weighted by Crippen LogP contribution is 2.15. The van der Waals surface area contributed by atoms with Gasteiger partial charge in [0.15, 0.2) is 0 Å². The number of nitrogens with two attached hydrogens (primary N) is 1. The van der Waals surface area contributed by atoms with Crippen molar-refractivity contribution < 1.29 is 14.3 Å². The van der Waals surface area contributed by atoms with Gasteiger partial charge in [-0.05, 0) is 19.9 Å². The molecule has 20 heavy (non-hydrogen) atoms. The Morgan fingerprint density at radius 3 is 2.85 bits per heavy atom. The first-order valence-electron chi connectivity index (χ1n) is 6.67. The van der Waals surface area contributed by atoms with Crippen molar-refractivity contribution in [2.45, 2.75) is 39.0 Å². The molecule has 0 aliphatic carbocycles. The van der Waals surface area contributed by atoms with Gasteiger partial charge in [-0.1, -0.05) is 6.07 Å². The summed E-state index contributed by atoms with van der Waals surface area (Å²) in [6.07, 6.45) is 1.69. The fourth-order valence-corrected chi connectivity index (χ4v) is 1.62. The molecule has 0 aromatic carbocycles. The van der Waals surface area contributed by atoms with Crippen molar-refractivity contribution in [1.29, 1.82) is 0 Å². The Hall–Kier alpha value is -1.66. The first-order chi connectivity index (χ1) is 9.56. The minimum absolute atomic E-state index is 0.0365. The quantitative estimate of drug-likeness (QED) is 0.737. The van der Waals surface area contributed by atoms with Crippen molar-refractivity contribution in [3.8, 4) is 5.88 Å². The molecule has 1 unspecified atom stereocenters. The van der Waals surface area contributed by atoms with E-state index in [1.54, 1.807) is 13.3 Å². The van der Waals surface area contributed by atoms with Crippen LogP contribution in [0.25, 0.3) is 0 Å². The van der Waals surface area contributed by atoms with E-state index in [9.17, 15) is 4.79 Å². The molecule has 1 rings (SSSR count). The summed E-state index contributed by atoms with van der Waals surface area (Å²) in [5.74, 6) is 0.437. The Morgan fingerprint density at radius 1 is 1.50 bits per heavy atom. The number of methoxy groups -OCH3 is 1. The van der Waals surface area contributed by atoms with Gasteiger partial charge < -0.3 is 20.5 Å². The molecule has 0 spiro atoms. The van der Waals surface area contributed by atoms with Crippen LogP contribution in [0.1, 0.15) is 25.8 Å². The van der Waals surface area contributed by atoms with Crippen LogP contribution in [-0.4, -0.2) is 36.8 Å². The van der Waals surface area contributed by atoms with Crippen molar-refractivity contribution in [1.82, 2.24) is 10.3 Å². The Labute approximate surface area is 119 Å². The van der Waals surface area contributed by atoms with E-state index in [4.69, 9.17) is 15.2 Å². The van der Waals surface area contributed by atoms with E-state index >= 15 is 0 Å². The van der Waals surface area contributed by atoms with Gasteiger partial charge in [0.05, 0.1) is 18.6 Å². The zero-order chi connectivity index (χ0) is 15.0. The lowest BCUT2D eigenvalue weighted by atomic mass is 10.2. The second-order valence-electron chi connectivity index (χ2n) is 4.71. The van der Waals surface area contributed by atoms with Gasteiger partial charge in [0.1, 0.15) is 0 Å². The van der Waals surface area contributed by atoms with Crippen molar-refractivity contribution in [3.63, 3.8) is 0 Å². The smallest absolute Gasteiger partial charge is 0.222 e. The van der Waals surface area contributed by atoms with E-state index in [0.717, 1.165) is 5.56 Å². The molecule has 0 aliphatic rings. The average Bonchev–Trinajstić information content (AvgIpc) is 2.43. The SMILES string of the molecule is COC(CN)CC(=O)NCc1cccnc1OC(C)C. The molecular formula is C14H23N3O3. The normalized spacial score (nSPS) is 12.2. The fourth-order valence-electron chi connectivity index (χ4n) is 1.62. The summed E-state index contributed by atoms with van der Waals surface area (Å²) in [5.41, 5.74) is 6.33. The molecule has 0 bridgehead atoms. The molecule has 0 saturated heterocycles. The highest BCUT2D eigenvalue weighted by atomic mass is 16.5. The predicted molar refractivity (Wildman–Crippen MR) is 76.3 cm³/mol. The molecule has 112 valence electrons. The van der Waals surface area contributed by atoms with Crippen LogP contribution < -0.4 is 15.8 Å². The Kier molecular flexibility index (Phi) is 6.97. The number of hydrogen-bond donors (Lipinski definition) is 2. The van der Waals surface area contributed by atoms with E-state index in [1.165, 1.54) is 0 Å². The molecular weight excluding hydrogens is 258 g/mol. The van der Waals surface area contributed by atoms with Gasteiger partial charge in [-0.2, -0.15) is 0 Å². The van der Waals surface area contributed by atoms with Crippen LogP contribution in [0.5, 0.6) is 5.88 Å². The maximum atomic E-state index is 11.8. The number of hydrogen-bond acceptors (Lipinski definition) is 5. The van der Waals surface area contributed by atoms with Gasteiger partial charge in [0.2, 0.25) is 11.8 Å². The number of rotatable bonds is 8. The largest absolute Gasteiger partial charge is 0.475 e. The van der Waals surface area contributed by atoms with Crippen LogP contribution in [0, 0.1) is 0 Å². The number of amides is 1. The Morgan fingerprint density at radius 2 is 2.25 bits per heavy atom. The first-order valence-corrected chi connectivity index (χ1v) is 6.67. The van der Waals surface area contributed by atoms with E-state index in [0.29, 0.717) is 19.0 Å². The molecule has 0 saturated carbocycles. The summed E-state index contributed by atoms with van der Waals surface area (Å²) >= 11 is 0. The topological polar surface area (TPSA) is 86.5 Å². The van der Waals surface area contributed by atoms with E-state index in [1.807, 2.05) is 26.0 Å². The monoisotopic (exact) mass is 281 g/mol. The molecule has 0 fully saturated rings. The van der Waals surface area contributed by atoms with Gasteiger partial charge >= 0.3 is 0 Å². The number of pyridine rings is 1. The zero-order valence-electron chi connectivity index (χ0n) is 12.3. The molecule has 1 atom stereocenters. The van der Waals surface area contributed by atoms with Gasteiger partial charge in [-0.15, -0.1) is 0 Å². The molecule has 3 N–H and O–H groups in total. The van der Waals surface area contributed by atoms with Crippen LogP contribution >= 0.6 is 0 Å². The summed E-state index contributed by atoms with van der Waals surface area (Å²) in [5, 5.41) is 2.82. The lowest BCUT2D eigenvalue weighted by Gasteiger charge is -2.15. The molecule has 0 aliphatic heterocycles. The van der Waals surface area contributed by atoms with Gasteiger partial charge in [-0.25, -0.2) is 4.98 Å². The van der Waals surface area contributed by atoms with Gasteiger partial charge in [0, 0.05) is 32.0 Å². The summed E-state index contributed by atoms with van der Waals surface area (Å²) in [7, 11) is 1.54. The molecule has 6 heteroatoms. The molecule has 1 aromatic heterocycles. The standard InChI is InChI=1S/C14H23N3O3/c1-10(2)20-14-11(5-4-6-16-14)9-17-13(18)7-12(8-15)19-3/h4-6,10,12H,7-9,15H2,1-3H3,(H,17,18). The number of ether oxygens (including phenoxy) is 2. The van der Waals surface area contributed by atoms with E-state index in [2.05, 4.69) is 10.3 Å². The minimum atomic E-state index is -0.254. The Balaban J connectivity index is 2.54. The van der Waals surface area contributed by atoms with Gasteiger partial charge in [-0.3, -0.25) is 4.79 Å². The second-order valence-corrected chi connectivity index (χ2v) is 4.71. The summed E-state index contributed by atoms with van der Waals surface area (Å²) in [6, 6.07) is 3.69. The van der Waals surface area contributed by atoms with Gasteiger partial charge in [0.25, 0.3) is 0 Å². The third-order valence-corrected chi connectivity index (χ3v) is 2.68. The second kappa shape index (κ2) is 8.50. The fraction of sp³-hybridized carbons (Fsp3) is 0.571. The zero-order valence-corrected chi connectivity index (χ0v) is 12.3. The summed E-state index contributed by atoms with van der Waals surface area (Å²) in [6.45, 7) is 4.55. The van der Waals surface area contributed by atoms with Crippen LogP contribution in [0.15, 0.2) is 18.3 Å². The number of nitrogens with zero attached hydrogens (tertiary/aromatic N) is 1. The van der Waals surface area contributed by atoms with Crippen molar-refractivity contribution >= 4 is 5.91 Å². The highest BCUT2D eigenvalue weighted by molar-refractivity contribution is 5.76. The first kappa shape index (κ1) is 16.4. The third kappa shape index (κ3) is 5.54. The maximum Gasteiger partial charge on any atom is 0.222 e. The molecule has 1 aromatic rings. The molecule has 1 amide bonds. The molecule has 1 heterocycles. The summed E-state index contributed by atoms with van der Waals surface area (Å²) in [4.78, 5) is 15.9. The minimum Gasteiger partial charge on any atom is -0.475 e. The van der Waals surface area contributed by atoms with Crippen LogP contribution in [-0.2, 0) is 16.1 Å². The van der Waals surface area contributed by atoms with Crippen LogP contribution in [0.3, 0.4) is 0 Å². The van der Waals surface area contributed by atoms with Crippen LogP contribution in [0.4, 0.5) is 0 Å². The van der Waals surface area contributed by atoms with Crippen molar-refractivity contribution in [2.24, 2.45) is 5.73 Å². The summed E-state index contributed by atoms with van der Waals surface area (Å²) < 4.78 is 10.7. The third-order valence-electron chi connectivity index (χ3n) is 2.68. The molecule has 0 radical (unpaired) electrons. The Bertz CT molecular complexity index is 420. The lowest BCUT2D eigenvalue weighted by Crippen LogP contribution is -2.32. The average molecular weight is 281 g/mol. The number of carbonyl (C=O) groups is 1.